The highest BCUT2D eigenvalue weighted by Crippen LogP contribution is 2.59. The Balaban J connectivity index is 1.53. The summed E-state index contributed by atoms with van der Waals surface area (Å²) in [6, 6.07) is 2.19. The minimum atomic E-state index is 0.120. The fraction of sp³-hybridized carbons (Fsp3) is 0.667. The van der Waals surface area contributed by atoms with Gasteiger partial charge in [0.25, 0.3) is 0 Å². The van der Waals surface area contributed by atoms with Crippen LogP contribution in [0.15, 0.2) is 12.3 Å². The van der Waals surface area contributed by atoms with E-state index in [-0.39, 0.29) is 5.60 Å². The zero-order valence-corrected chi connectivity index (χ0v) is 11.0. The van der Waals surface area contributed by atoms with Crippen molar-refractivity contribution >= 4 is 0 Å². The van der Waals surface area contributed by atoms with Gasteiger partial charge in [0.05, 0.1) is 6.20 Å². The molecule has 0 unspecified atom stereocenters. The van der Waals surface area contributed by atoms with Crippen LogP contribution in [-0.2, 0) is 6.42 Å². The van der Waals surface area contributed by atoms with Crippen molar-refractivity contribution in [1.82, 2.24) is 10.3 Å². The molecule has 1 aromatic rings. The molecule has 0 atom stereocenters. The van der Waals surface area contributed by atoms with E-state index in [1.54, 1.807) is 0 Å². The maximum absolute atomic E-state index is 6.23. The Kier molecular flexibility index (Phi) is 2.08. The van der Waals surface area contributed by atoms with Crippen LogP contribution in [0.3, 0.4) is 0 Å². The minimum Gasteiger partial charge on any atom is -0.485 e. The molecule has 2 aliphatic heterocycles. The molecule has 3 heterocycles. The molecule has 1 aliphatic carbocycles. The van der Waals surface area contributed by atoms with E-state index in [4.69, 9.17) is 4.74 Å². The molecule has 1 N–H and O–H groups in total. The monoisotopic (exact) mass is 244 g/mol. The van der Waals surface area contributed by atoms with Gasteiger partial charge in [-0.3, -0.25) is 4.98 Å². The molecule has 3 nitrogen and oxygen atoms in total. The van der Waals surface area contributed by atoms with E-state index in [2.05, 4.69) is 23.3 Å². The summed E-state index contributed by atoms with van der Waals surface area (Å²) in [5.74, 6) is 1.03. The van der Waals surface area contributed by atoms with Gasteiger partial charge in [-0.15, -0.1) is 0 Å². The Morgan fingerprint density at radius 2 is 2.06 bits per heavy atom. The third-order valence-corrected chi connectivity index (χ3v) is 4.98. The van der Waals surface area contributed by atoms with E-state index in [0.29, 0.717) is 5.41 Å². The summed E-state index contributed by atoms with van der Waals surface area (Å²) in [6.45, 7) is 4.42. The smallest absolute Gasteiger partial charge is 0.141 e. The van der Waals surface area contributed by atoms with Crippen LogP contribution < -0.4 is 10.1 Å². The number of rotatable bonds is 0. The SMILES string of the molecule is Cc1cc2c(cn1)OC1(C2)CC2(CCNCC2)C1. The van der Waals surface area contributed by atoms with Gasteiger partial charge in [0.15, 0.2) is 0 Å². The van der Waals surface area contributed by atoms with E-state index in [0.717, 1.165) is 17.9 Å². The van der Waals surface area contributed by atoms with Gasteiger partial charge in [-0.2, -0.15) is 0 Å². The number of piperidine rings is 1. The third-order valence-electron chi connectivity index (χ3n) is 4.98. The number of ether oxygens (including phenoxy) is 1. The molecule has 1 saturated carbocycles. The first-order chi connectivity index (χ1) is 8.69. The lowest BCUT2D eigenvalue weighted by Gasteiger charge is -2.55. The molecule has 0 bridgehead atoms. The first-order valence-corrected chi connectivity index (χ1v) is 7.04. The maximum Gasteiger partial charge on any atom is 0.141 e. The van der Waals surface area contributed by atoms with Gasteiger partial charge in [0.2, 0.25) is 0 Å². The summed E-state index contributed by atoms with van der Waals surface area (Å²) in [6.07, 6.45) is 8.15. The molecule has 1 aromatic heterocycles. The number of hydrogen-bond acceptors (Lipinski definition) is 3. The molecule has 3 heteroatoms. The van der Waals surface area contributed by atoms with Gasteiger partial charge in [-0.1, -0.05) is 0 Å². The fourth-order valence-corrected chi connectivity index (χ4v) is 4.27. The molecule has 3 aliphatic rings. The predicted octanol–water partition coefficient (Wildman–Crippen LogP) is 2.23. The average molecular weight is 244 g/mol. The summed E-state index contributed by atoms with van der Waals surface area (Å²) in [5, 5.41) is 3.46. The van der Waals surface area contributed by atoms with Crippen LogP contribution in [0.4, 0.5) is 0 Å². The second kappa shape index (κ2) is 3.47. The van der Waals surface area contributed by atoms with Crippen LogP contribution >= 0.6 is 0 Å². The highest BCUT2D eigenvalue weighted by atomic mass is 16.5. The molecule has 2 fully saturated rings. The van der Waals surface area contributed by atoms with Gasteiger partial charge in [-0.05, 0) is 57.2 Å². The number of aromatic nitrogens is 1. The van der Waals surface area contributed by atoms with Crippen molar-refractivity contribution in [3.63, 3.8) is 0 Å². The first kappa shape index (κ1) is 10.8. The normalized spacial score (nSPS) is 26.7. The van der Waals surface area contributed by atoms with Crippen LogP contribution in [0, 0.1) is 12.3 Å². The maximum atomic E-state index is 6.23. The zero-order chi connectivity index (χ0) is 12.2. The molecule has 96 valence electrons. The topological polar surface area (TPSA) is 34.1 Å². The summed E-state index contributed by atoms with van der Waals surface area (Å²) < 4.78 is 6.23. The number of fused-ring (bicyclic) bond motifs is 1. The molecule has 0 aromatic carbocycles. The Bertz CT molecular complexity index is 483. The average Bonchev–Trinajstić information content (AvgIpc) is 2.67. The standard InChI is InChI=1S/C15H20N2O/c1-11-6-12-7-15(18-13(12)8-17-11)9-14(10-15)2-4-16-5-3-14/h6,8,16H,2-5,7,9-10H2,1H3. The minimum absolute atomic E-state index is 0.120. The van der Waals surface area contributed by atoms with Crippen LogP contribution in [0.2, 0.25) is 0 Å². The van der Waals surface area contributed by atoms with E-state index >= 15 is 0 Å². The van der Waals surface area contributed by atoms with Gasteiger partial charge in [-0.25, -0.2) is 0 Å². The number of aryl methyl sites for hydroxylation is 1. The Morgan fingerprint density at radius 3 is 2.83 bits per heavy atom. The molecular formula is C15H20N2O. The zero-order valence-electron chi connectivity index (χ0n) is 11.0. The van der Waals surface area contributed by atoms with Crippen molar-refractivity contribution in [1.29, 1.82) is 0 Å². The molecular weight excluding hydrogens is 224 g/mol. The van der Waals surface area contributed by atoms with E-state index in [9.17, 15) is 0 Å². The van der Waals surface area contributed by atoms with Crippen LogP contribution in [0.5, 0.6) is 5.75 Å². The summed E-state index contributed by atoms with van der Waals surface area (Å²) in [5.41, 5.74) is 3.17. The summed E-state index contributed by atoms with van der Waals surface area (Å²) in [7, 11) is 0. The van der Waals surface area contributed by atoms with Crippen molar-refractivity contribution in [2.45, 2.75) is 44.6 Å². The second-order valence-electron chi connectivity index (χ2n) is 6.50. The lowest BCUT2D eigenvalue weighted by atomic mass is 9.54. The van der Waals surface area contributed by atoms with Crippen LogP contribution in [0.1, 0.15) is 36.9 Å². The van der Waals surface area contributed by atoms with Crippen molar-refractivity contribution < 1.29 is 4.74 Å². The van der Waals surface area contributed by atoms with Crippen LogP contribution in [0.25, 0.3) is 0 Å². The second-order valence-corrected chi connectivity index (χ2v) is 6.50. The molecule has 0 amide bonds. The van der Waals surface area contributed by atoms with Gasteiger partial charge in [0, 0.05) is 17.7 Å². The highest BCUT2D eigenvalue weighted by Gasteiger charge is 2.58. The van der Waals surface area contributed by atoms with E-state index < -0.39 is 0 Å². The number of nitrogens with one attached hydrogen (secondary N) is 1. The van der Waals surface area contributed by atoms with Crippen molar-refractivity contribution in [3.8, 4) is 5.75 Å². The Labute approximate surface area is 108 Å². The van der Waals surface area contributed by atoms with Crippen molar-refractivity contribution in [2.24, 2.45) is 5.41 Å². The highest BCUT2D eigenvalue weighted by molar-refractivity contribution is 5.40. The molecule has 0 radical (unpaired) electrons. The first-order valence-electron chi connectivity index (χ1n) is 7.04. The molecule has 2 spiro atoms. The number of nitrogens with zero attached hydrogens (tertiary/aromatic N) is 1. The largest absolute Gasteiger partial charge is 0.485 e. The van der Waals surface area contributed by atoms with E-state index in [1.165, 1.54) is 44.3 Å². The van der Waals surface area contributed by atoms with Gasteiger partial charge >= 0.3 is 0 Å². The third kappa shape index (κ3) is 1.50. The van der Waals surface area contributed by atoms with Crippen molar-refractivity contribution in [3.05, 3.63) is 23.5 Å². The van der Waals surface area contributed by atoms with Gasteiger partial charge in [0.1, 0.15) is 11.4 Å². The van der Waals surface area contributed by atoms with Crippen LogP contribution in [-0.4, -0.2) is 23.7 Å². The number of hydrogen-bond donors (Lipinski definition) is 1. The quantitative estimate of drug-likeness (QED) is 0.760. The lowest BCUT2D eigenvalue weighted by molar-refractivity contribution is -0.108. The Hall–Kier alpha value is -1.09. The Morgan fingerprint density at radius 1 is 1.28 bits per heavy atom. The predicted molar refractivity (Wildman–Crippen MR) is 69.8 cm³/mol. The van der Waals surface area contributed by atoms with Gasteiger partial charge < -0.3 is 10.1 Å². The molecule has 18 heavy (non-hydrogen) atoms. The number of pyridine rings is 1. The summed E-state index contributed by atoms with van der Waals surface area (Å²) >= 11 is 0. The molecule has 4 rings (SSSR count). The lowest BCUT2D eigenvalue weighted by Crippen LogP contribution is -2.58. The van der Waals surface area contributed by atoms with Crippen molar-refractivity contribution in [2.75, 3.05) is 13.1 Å². The summed E-state index contributed by atoms with van der Waals surface area (Å²) in [4.78, 5) is 4.34. The molecule has 1 saturated heterocycles. The fourth-order valence-electron chi connectivity index (χ4n) is 4.27. The van der Waals surface area contributed by atoms with E-state index in [1.807, 2.05) is 6.20 Å².